The Kier molecular flexibility index (Phi) is 8.07. The van der Waals surface area contributed by atoms with E-state index in [0.29, 0.717) is 37.1 Å². The molecule has 1 saturated heterocycles. The number of carbonyl (C=O) groups excluding carboxylic acids is 3. The number of methoxy groups -OCH3 is 1. The number of ketones is 1. The van der Waals surface area contributed by atoms with Gasteiger partial charge in [-0.25, -0.2) is 4.79 Å². The van der Waals surface area contributed by atoms with Crippen LogP contribution in [0.2, 0.25) is 0 Å². The Bertz CT molecular complexity index is 1040. The van der Waals surface area contributed by atoms with Crippen LogP contribution in [-0.4, -0.2) is 42.3 Å². The number of halogens is 3. The molecule has 1 aromatic heterocycles. The zero-order valence-electron chi connectivity index (χ0n) is 18.1. The van der Waals surface area contributed by atoms with Crippen LogP contribution in [0, 0.1) is 0 Å². The maximum Gasteiger partial charge on any atom is 0.416 e. The number of esters is 1. The number of aryl methyl sites for hydroxylation is 1. The summed E-state index contributed by atoms with van der Waals surface area (Å²) in [6.07, 6.45) is 0.330. The molecule has 1 amide bonds. The maximum atomic E-state index is 13.1. The van der Waals surface area contributed by atoms with Gasteiger partial charge in [-0.3, -0.25) is 9.59 Å². The number of allylic oxidation sites excluding steroid dienone is 1. The van der Waals surface area contributed by atoms with Crippen molar-refractivity contribution in [3.8, 4) is 0 Å². The molecule has 0 saturated carbocycles. The number of carbonyl (C=O) groups is 3. The zero-order valence-corrected chi connectivity index (χ0v) is 18.9. The van der Waals surface area contributed by atoms with Gasteiger partial charge in [-0.05, 0) is 49.1 Å². The predicted octanol–water partition coefficient (Wildman–Crippen LogP) is 4.85. The molecular weight excluding hydrogens is 455 g/mol. The lowest BCUT2D eigenvalue weighted by Crippen LogP contribution is -2.33. The van der Waals surface area contributed by atoms with Gasteiger partial charge in [0.05, 0.1) is 18.7 Å². The van der Waals surface area contributed by atoms with Gasteiger partial charge in [0.25, 0.3) is 0 Å². The Morgan fingerprint density at radius 3 is 2.70 bits per heavy atom. The molecule has 0 bridgehead atoms. The molecule has 0 aliphatic carbocycles. The number of ether oxygens (including phenoxy) is 1. The van der Waals surface area contributed by atoms with Crippen molar-refractivity contribution in [3.63, 3.8) is 0 Å². The highest BCUT2D eigenvalue weighted by molar-refractivity contribution is 7.13. The van der Waals surface area contributed by atoms with Gasteiger partial charge >= 0.3 is 12.1 Å². The number of likely N-dealkylation sites (tertiary alicyclic amines) is 1. The molecule has 3 rings (SSSR count). The number of alkyl halides is 3. The number of nitrogens with zero attached hydrogens (tertiary/aromatic N) is 1. The van der Waals surface area contributed by atoms with Gasteiger partial charge < -0.3 is 9.64 Å². The van der Waals surface area contributed by atoms with Crippen LogP contribution in [0.25, 0.3) is 0 Å². The molecule has 0 N–H and O–H groups in total. The smallest absolute Gasteiger partial charge is 0.416 e. The van der Waals surface area contributed by atoms with Crippen LogP contribution < -0.4 is 0 Å². The van der Waals surface area contributed by atoms with E-state index in [2.05, 4.69) is 0 Å². The quantitative estimate of drug-likeness (QED) is 0.381. The summed E-state index contributed by atoms with van der Waals surface area (Å²) in [6, 6.07) is 8.34. The van der Waals surface area contributed by atoms with Crippen LogP contribution in [0.3, 0.4) is 0 Å². The van der Waals surface area contributed by atoms with E-state index in [1.165, 1.54) is 42.7 Å². The Balaban J connectivity index is 1.56. The summed E-state index contributed by atoms with van der Waals surface area (Å²) in [7, 11) is 1.33. The van der Waals surface area contributed by atoms with E-state index in [0.717, 1.165) is 10.9 Å². The first-order valence-corrected chi connectivity index (χ1v) is 11.3. The number of hydrogen-bond donors (Lipinski definition) is 0. The SMILES string of the molecule is COC(=O)c1ccc(CCCN2C(=O)CC[C@@H]2C=CC(=O)Cc2ccccc2C(F)(F)F)s1. The van der Waals surface area contributed by atoms with Crippen molar-refractivity contribution in [1.29, 1.82) is 0 Å². The fourth-order valence-electron chi connectivity index (χ4n) is 3.81. The lowest BCUT2D eigenvalue weighted by Gasteiger charge is -2.22. The number of benzene rings is 1. The molecule has 176 valence electrons. The van der Waals surface area contributed by atoms with Crippen LogP contribution in [0.1, 0.15) is 44.9 Å². The minimum absolute atomic E-state index is 0.0130. The van der Waals surface area contributed by atoms with Gasteiger partial charge in [0.15, 0.2) is 5.78 Å². The van der Waals surface area contributed by atoms with Gasteiger partial charge in [-0.15, -0.1) is 11.3 Å². The van der Waals surface area contributed by atoms with E-state index in [1.807, 2.05) is 6.07 Å². The normalized spacial score (nSPS) is 16.5. The summed E-state index contributed by atoms with van der Waals surface area (Å²) in [5, 5.41) is 0. The summed E-state index contributed by atoms with van der Waals surface area (Å²) in [5.74, 6) is -0.838. The first-order valence-electron chi connectivity index (χ1n) is 10.5. The summed E-state index contributed by atoms with van der Waals surface area (Å²) >= 11 is 1.35. The number of hydrogen-bond acceptors (Lipinski definition) is 5. The third kappa shape index (κ3) is 6.54. The van der Waals surface area contributed by atoms with E-state index in [1.54, 1.807) is 17.0 Å². The van der Waals surface area contributed by atoms with Gasteiger partial charge in [-0.2, -0.15) is 13.2 Å². The molecule has 2 heterocycles. The van der Waals surface area contributed by atoms with Crippen molar-refractivity contribution in [2.24, 2.45) is 0 Å². The number of rotatable bonds is 9. The van der Waals surface area contributed by atoms with Crippen molar-refractivity contribution in [3.05, 3.63) is 69.4 Å². The Labute approximate surface area is 193 Å². The van der Waals surface area contributed by atoms with Crippen LogP contribution in [0.15, 0.2) is 48.6 Å². The van der Waals surface area contributed by atoms with Crippen molar-refractivity contribution >= 4 is 29.0 Å². The largest absolute Gasteiger partial charge is 0.465 e. The topological polar surface area (TPSA) is 63.7 Å². The average molecular weight is 480 g/mol. The number of thiophene rings is 1. The summed E-state index contributed by atoms with van der Waals surface area (Å²) in [5.41, 5.74) is -0.880. The molecule has 1 aliphatic heterocycles. The second-order valence-corrected chi connectivity index (χ2v) is 8.88. The molecule has 9 heteroatoms. The zero-order chi connectivity index (χ0) is 24.0. The van der Waals surface area contributed by atoms with Crippen molar-refractivity contribution in [2.75, 3.05) is 13.7 Å². The lowest BCUT2D eigenvalue weighted by molar-refractivity contribution is -0.138. The maximum absolute atomic E-state index is 13.1. The minimum Gasteiger partial charge on any atom is -0.465 e. The molecule has 2 aromatic rings. The van der Waals surface area contributed by atoms with Crippen molar-refractivity contribution < 1.29 is 32.3 Å². The highest BCUT2D eigenvalue weighted by atomic mass is 32.1. The molecule has 5 nitrogen and oxygen atoms in total. The molecule has 0 unspecified atom stereocenters. The molecule has 33 heavy (non-hydrogen) atoms. The summed E-state index contributed by atoms with van der Waals surface area (Å²) in [6.45, 7) is 0.490. The summed E-state index contributed by atoms with van der Waals surface area (Å²) in [4.78, 5) is 39.4. The lowest BCUT2D eigenvalue weighted by atomic mass is 10.0. The van der Waals surface area contributed by atoms with E-state index < -0.39 is 17.5 Å². The monoisotopic (exact) mass is 479 g/mol. The fraction of sp³-hybridized carbons (Fsp3) is 0.375. The standard InChI is InChI=1S/C24H24F3NO4S/c1-32-23(31)21-12-11-19(33-21)6-4-14-28-17(9-13-22(28)30)8-10-18(29)15-16-5-2-3-7-20(16)24(25,26)27/h2-3,5,7-8,10-12,17H,4,6,9,13-15H2,1H3/t17-/m0/s1. The molecule has 0 radical (unpaired) electrons. The molecule has 1 aliphatic rings. The summed E-state index contributed by atoms with van der Waals surface area (Å²) < 4.78 is 44.1. The Morgan fingerprint density at radius 1 is 1.21 bits per heavy atom. The molecule has 1 atom stereocenters. The number of amides is 1. The van der Waals surface area contributed by atoms with Gasteiger partial charge in [-0.1, -0.05) is 24.3 Å². The third-order valence-corrected chi connectivity index (χ3v) is 6.56. The molecular formula is C24H24F3NO4S. The van der Waals surface area contributed by atoms with Crippen LogP contribution in [0.4, 0.5) is 13.2 Å². The third-order valence-electron chi connectivity index (χ3n) is 5.44. The molecule has 0 spiro atoms. The first kappa shape index (κ1) is 24.7. The Hall–Kier alpha value is -2.94. The van der Waals surface area contributed by atoms with Crippen molar-refractivity contribution in [1.82, 2.24) is 4.90 Å². The molecule has 1 aromatic carbocycles. The second kappa shape index (κ2) is 10.8. The van der Waals surface area contributed by atoms with Crippen LogP contribution in [-0.2, 0) is 33.3 Å². The predicted molar refractivity (Wildman–Crippen MR) is 118 cm³/mol. The Morgan fingerprint density at radius 2 is 1.97 bits per heavy atom. The van der Waals surface area contributed by atoms with Crippen LogP contribution >= 0.6 is 11.3 Å². The van der Waals surface area contributed by atoms with Gasteiger partial charge in [0.1, 0.15) is 4.88 Å². The van der Waals surface area contributed by atoms with Gasteiger partial charge in [0, 0.05) is 24.3 Å². The van der Waals surface area contributed by atoms with E-state index in [4.69, 9.17) is 4.74 Å². The van der Waals surface area contributed by atoms with Crippen LogP contribution in [0.5, 0.6) is 0 Å². The average Bonchev–Trinajstić information content (AvgIpc) is 3.38. The van der Waals surface area contributed by atoms with Crippen molar-refractivity contribution in [2.45, 2.75) is 44.3 Å². The second-order valence-electron chi connectivity index (χ2n) is 7.71. The fourth-order valence-corrected chi connectivity index (χ4v) is 4.78. The molecule has 1 fully saturated rings. The van der Waals surface area contributed by atoms with E-state index >= 15 is 0 Å². The van der Waals surface area contributed by atoms with E-state index in [-0.39, 0.29) is 29.9 Å². The highest BCUT2D eigenvalue weighted by Gasteiger charge is 2.33. The minimum atomic E-state index is -4.52. The van der Waals surface area contributed by atoms with Gasteiger partial charge in [0.2, 0.25) is 5.91 Å². The van der Waals surface area contributed by atoms with E-state index in [9.17, 15) is 27.6 Å². The highest BCUT2D eigenvalue weighted by Crippen LogP contribution is 2.32. The first-order chi connectivity index (χ1) is 15.7.